The highest BCUT2D eigenvalue weighted by Gasteiger charge is 2.48. The Labute approximate surface area is 150 Å². The zero-order chi connectivity index (χ0) is 17.0. The van der Waals surface area contributed by atoms with Gasteiger partial charge in [-0.1, -0.05) is 12.1 Å². The molecule has 1 aliphatic carbocycles. The van der Waals surface area contributed by atoms with Crippen molar-refractivity contribution >= 4 is 33.4 Å². The molecule has 3 fully saturated rings. The van der Waals surface area contributed by atoms with Crippen molar-refractivity contribution in [2.45, 2.75) is 50.1 Å². The van der Waals surface area contributed by atoms with Crippen LogP contribution in [-0.2, 0) is 9.59 Å². The van der Waals surface area contributed by atoms with Crippen LogP contribution in [0.5, 0.6) is 0 Å². The van der Waals surface area contributed by atoms with Crippen molar-refractivity contribution < 1.29 is 9.59 Å². The molecule has 0 N–H and O–H groups in total. The SMILES string of the molecule is O=C1C[C@@H](N2CCC(c3nc4ccccc4s3)CC2)C(=O)N1C1CC1. The number of benzene rings is 1. The molecule has 6 heteroatoms. The summed E-state index contributed by atoms with van der Waals surface area (Å²) in [5, 5.41) is 1.22. The fourth-order valence-electron chi connectivity index (χ4n) is 4.16. The number of hydrogen-bond donors (Lipinski definition) is 0. The van der Waals surface area contributed by atoms with Gasteiger partial charge in [0.05, 0.1) is 27.7 Å². The predicted octanol–water partition coefficient (Wildman–Crippen LogP) is 2.77. The summed E-state index contributed by atoms with van der Waals surface area (Å²) < 4.78 is 1.25. The number of carbonyl (C=O) groups is 2. The lowest BCUT2D eigenvalue weighted by Gasteiger charge is -2.34. The van der Waals surface area contributed by atoms with E-state index >= 15 is 0 Å². The third-order valence-electron chi connectivity index (χ3n) is 5.70. The molecule has 2 saturated heterocycles. The zero-order valence-electron chi connectivity index (χ0n) is 14.1. The van der Waals surface area contributed by atoms with Gasteiger partial charge in [-0.25, -0.2) is 4.98 Å². The topological polar surface area (TPSA) is 53.5 Å². The van der Waals surface area contributed by atoms with Crippen molar-refractivity contribution in [3.63, 3.8) is 0 Å². The molecule has 0 unspecified atom stereocenters. The van der Waals surface area contributed by atoms with E-state index in [1.165, 1.54) is 9.71 Å². The Kier molecular flexibility index (Phi) is 3.64. The third-order valence-corrected chi connectivity index (χ3v) is 6.90. The predicted molar refractivity (Wildman–Crippen MR) is 96.4 cm³/mol. The molecule has 5 nitrogen and oxygen atoms in total. The van der Waals surface area contributed by atoms with Crippen LogP contribution in [0.15, 0.2) is 24.3 Å². The van der Waals surface area contributed by atoms with Gasteiger partial charge in [-0.05, 0) is 50.9 Å². The van der Waals surface area contributed by atoms with Gasteiger partial charge >= 0.3 is 0 Å². The summed E-state index contributed by atoms with van der Waals surface area (Å²) in [6.45, 7) is 1.76. The van der Waals surface area contributed by atoms with E-state index in [4.69, 9.17) is 4.98 Å². The number of carbonyl (C=O) groups excluding carboxylic acids is 2. The molecule has 2 aromatic rings. The standard InChI is InChI=1S/C19H21N3O2S/c23-17-11-15(19(24)22(17)13-5-6-13)21-9-7-12(8-10-21)18-20-14-3-1-2-4-16(14)25-18/h1-4,12-13,15H,5-11H2/t15-/m1/s1. The highest BCUT2D eigenvalue weighted by atomic mass is 32.1. The number of thiazole rings is 1. The number of para-hydroxylation sites is 1. The summed E-state index contributed by atoms with van der Waals surface area (Å²) in [6, 6.07) is 8.26. The first-order chi connectivity index (χ1) is 12.2. The van der Waals surface area contributed by atoms with Gasteiger partial charge in [0.15, 0.2) is 0 Å². The van der Waals surface area contributed by atoms with Crippen molar-refractivity contribution in [2.24, 2.45) is 0 Å². The van der Waals surface area contributed by atoms with E-state index in [-0.39, 0.29) is 23.9 Å². The monoisotopic (exact) mass is 355 g/mol. The molecule has 0 bridgehead atoms. The van der Waals surface area contributed by atoms with Crippen LogP contribution < -0.4 is 0 Å². The van der Waals surface area contributed by atoms with Crippen molar-refractivity contribution in [3.8, 4) is 0 Å². The Morgan fingerprint density at radius 1 is 1.04 bits per heavy atom. The normalized spacial score (nSPS) is 26.1. The number of hydrogen-bond acceptors (Lipinski definition) is 5. The quantitative estimate of drug-likeness (QED) is 0.795. The highest BCUT2D eigenvalue weighted by molar-refractivity contribution is 7.18. The molecule has 2 amide bonds. The second-order valence-corrected chi connectivity index (χ2v) is 8.45. The van der Waals surface area contributed by atoms with Gasteiger partial charge in [-0.15, -0.1) is 11.3 Å². The molecular formula is C19H21N3O2S. The Balaban J connectivity index is 1.27. The van der Waals surface area contributed by atoms with E-state index in [9.17, 15) is 9.59 Å². The van der Waals surface area contributed by atoms with Crippen molar-refractivity contribution in [1.29, 1.82) is 0 Å². The third kappa shape index (κ3) is 2.68. The van der Waals surface area contributed by atoms with Crippen LogP contribution in [-0.4, -0.2) is 51.8 Å². The number of imide groups is 1. The minimum Gasteiger partial charge on any atom is -0.291 e. The molecule has 5 rings (SSSR count). The number of nitrogens with zero attached hydrogens (tertiary/aromatic N) is 3. The Hall–Kier alpha value is -1.79. The van der Waals surface area contributed by atoms with Gasteiger partial charge < -0.3 is 0 Å². The number of amides is 2. The minimum absolute atomic E-state index is 0.0331. The van der Waals surface area contributed by atoms with E-state index in [1.807, 2.05) is 6.07 Å². The molecule has 2 aliphatic heterocycles. The van der Waals surface area contributed by atoms with Crippen molar-refractivity contribution in [2.75, 3.05) is 13.1 Å². The molecule has 1 atom stereocenters. The number of aromatic nitrogens is 1. The van der Waals surface area contributed by atoms with Crippen LogP contribution >= 0.6 is 11.3 Å². The van der Waals surface area contributed by atoms with Crippen LogP contribution in [0.25, 0.3) is 10.2 Å². The first-order valence-electron chi connectivity index (χ1n) is 9.16. The lowest BCUT2D eigenvalue weighted by Crippen LogP contribution is -2.45. The van der Waals surface area contributed by atoms with Crippen LogP contribution in [0.1, 0.15) is 43.0 Å². The first-order valence-corrected chi connectivity index (χ1v) is 9.98. The first kappa shape index (κ1) is 15.5. The Morgan fingerprint density at radius 2 is 1.80 bits per heavy atom. The molecule has 0 spiro atoms. The maximum atomic E-state index is 12.6. The Morgan fingerprint density at radius 3 is 2.52 bits per heavy atom. The average molecular weight is 355 g/mol. The fraction of sp³-hybridized carbons (Fsp3) is 0.526. The average Bonchev–Trinajstić information content (AvgIpc) is 3.28. The molecule has 1 aromatic carbocycles. The largest absolute Gasteiger partial charge is 0.291 e. The lowest BCUT2D eigenvalue weighted by molar-refractivity contribution is -0.140. The fourth-order valence-corrected chi connectivity index (χ4v) is 5.30. The molecule has 1 saturated carbocycles. The molecule has 1 aromatic heterocycles. The second kappa shape index (κ2) is 5.88. The van der Waals surface area contributed by atoms with E-state index < -0.39 is 0 Å². The summed E-state index contributed by atoms with van der Waals surface area (Å²) in [6.07, 6.45) is 4.39. The van der Waals surface area contributed by atoms with Gasteiger partial charge in [0.25, 0.3) is 0 Å². The van der Waals surface area contributed by atoms with Crippen LogP contribution in [0.3, 0.4) is 0 Å². The van der Waals surface area contributed by atoms with Crippen LogP contribution in [0, 0.1) is 0 Å². The minimum atomic E-state index is -0.218. The molecular weight excluding hydrogens is 334 g/mol. The van der Waals surface area contributed by atoms with Gasteiger partial charge in [0.1, 0.15) is 0 Å². The summed E-state index contributed by atoms with van der Waals surface area (Å²) in [5.41, 5.74) is 1.08. The van der Waals surface area contributed by atoms with E-state index in [1.54, 1.807) is 16.2 Å². The number of rotatable bonds is 3. The molecule has 130 valence electrons. The number of likely N-dealkylation sites (tertiary alicyclic amines) is 2. The van der Waals surface area contributed by atoms with E-state index in [0.717, 1.165) is 44.3 Å². The van der Waals surface area contributed by atoms with Crippen molar-refractivity contribution in [1.82, 2.24) is 14.8 Å². The molecule has 0 radical (unpaired) electrons. The molecule has 25 heavy (non-hydrogen) atoms. The lowest BCUT2D eigenvalue weighted by atomic mass is 9.96. The number of piperidine rings is 1. The Bertz CT molecular complexity index is 803. The van der Waals surface area contributed by atoms with Crippen molar-refractivity contribution in [3.05, 3.63) is 29.3 Å². The van der Waals surface area contributed by atoms with Gasteiger partial charge in [0.2, 0.25) is 11.8 Å². The van der Waals surface area contributed by atoms with Crippen LogP contribution in [0.2, 0.25) is 0 Å². The van der Waals surface area contributed by atoms with Gasteiger partial charge in [-0.2, -0.15) is 0 Å². The maximum Gasteiger partial charge on any atom is 0.247 e. The molecule has 3 heterocycles. The summed E-state index contributed by atoms with van der Waals surface area (Å²) in [7, 11) is 0. The summed E-state index contributed by atoms with van der Waals surface area (Å²) in [4.78, 5) is 33.4. The zero-order valence-corrected chi connectivity index (χ0v) is 14.9. The van der Waals surface area contributed by atoms with E-state index in [0.29, 0.717) is 12.3 Å². The number of fused-ring (bicyclic) bond motifs is 1. The van der Waals surface area contributed by atoms with Crippen LogP contribution in [0.4, 0.5) is 0 Å². The molecule has 3 aliphatic rings. The second-order valence-electron chi connectivity index (χ2n) is 7.38. The van der Waals surface area contributed by atoms with Gasteiger partial charge in [-0.3, -0.25) is 19.4 Å². The smallest absolute Gasteiger partial charge is 0.247 e. The summed E-state index contributed by atoms with van der Waals surface area (Å²) in [5.74, 6) is 0.553. The summed E-state index contributed by atoms with van der Waals surface area (Å²) >= 11 is 1.79. The van der Waals surface area contributed by atoms with Gasteiger partial charge in [0, 0.05) is 12.0 Å². The van der Waals surface area contributed by atoms with E-state index in [2.05, 4.69) is 23.1 Å². The highest BCUT2D eigenvalue weighted by Crippen LogP contribution is 2.37. The maximum absolute atomic E-state index is 12.6.